The first kappa shape index (κ1) is 32.1. The Bertz CT molecular complexity index is 1440. The standard InChI is InChI=1S/C16H21N7O9S2.O3S/c1-3-31-32-23(10-13(24)25)16-21-14(17-7-8-18-33(2,26)27)20-15(22-16)19-11-5-4-6-12(9-11)34(28,29)30;1-4(2)3/h3-6,9,18H,1,7-8,10H2,2H3,(H,24,25)(H,28,29,30)(H2,17,19,20,21,22);. The first-order valence-electron chi connectivity index (χ1n) is 9.60. The number of carboxylic acids is 1. The van der Waals surface area contributed by atoms with Crippen molar-refractivity contribution in [2.45, 2.75) is 4.90 Å². The van der Waals surface area contributed by atoms with Gasteiger partial charge in [0.1, 0.15) is 6.26 Å². The zero-order chi connectivity index (χ0) is 28.9. The number of hydrogen-bond acceptors (Lipinski definition) is 16. The van der Waals surface area contributed by atoms with Gasteiger partial charge in [-0.3, -0.25) is 9.35 Å². The summed E-state index contributed by atoms with van der Waals surface area (Å²) in [6, 6.07) is 5.07. The van der Waals surface area contributed by atoms with E-state index in [1.54, 1.807) is 0 Å². The highest BCUT2D eigenvalue weighted by molar-refractivity contribution is 7.88. The van der Waals surface area contributed by atoms with Crippen molar-refractivity contribution in [3.63, 3.8) is 0 Å². The van der Waals surface area contributed by atoms with E-state index in [0.717, 1.165) is 24.7 Å². The quantitative estimate of drug-likeness (QED) is 0.0555. The van der Waals surface area contributed by atoms with Gasteiger partial charge in [-0.2, -0.15) is 28.4 Å². The molecule has 0 amide bonds. The van der Waals surface area contributed by atoms with Crippen molar-refractivity contribution in [3.05, 3.63) is 37.1 Å². The van der Waals surface area contributed by atoms with Gasteiger partial charge in [-0.05, 0) is 18.2 Å². The summed E-state index contributed by atoms with van der Waals surface area (Å²) in [5.41, 5.74) is 0.157. The fourth-order valence-electron chi connectivity index (χ4n) is 2.22. The molecule has 0 saturated heterocycles. The zero-order valence-electron chi connectivity index (χ0n) is 19.2. The fraction of sp³-hybridized carbons (Fsp3) is 0.250. The van der Waals surface area contributed by atoms with Crippen LogP contribution in [-0.2, 0) is 45.4 Å². The summed E-state index contributed by atoms with van der Waals surface area (Å²) in [4.78, 5) is 32.3. The first-order valence-corrected chi connectivity index (χ1v) is 13.9. The van der Waals surface area contributed by atoms with Crippen LogP contribution in [0.15, 0.2) is 42.0 Å². The van der Waals surface area contributed by atoms with E-state index in [1.165, 1.54) is 12.1 Å². The number of anilines is 4. The number of nitrogens with one attached hydrogen (secondary N) is 3. The van der Waals surface area contributed by atoms with E-state index in [2.05, 4.69) is 41.8 Å². The van der Waals surface area contributed by atoms with Gasteiger partial charge >= 0.3 is 16.6 Å². The number of hydrogen-bond donors (Lipinski definition) is 5. The van der Waals surface area contributed by atoms with E-state index >= 15 is 0 Å². The Kier molecular flexibility index (Phi) is 12.4. The predicted molar refractivity (Wildman–Crippen MR) is 128 cm³/mol. The van der Waals surface area contributed by atoms with Crippen LogP contribution in [0.25, 0.3) is 0 Å². The van der Waals surface area contributed by atoms with E-state index < -0.39 is 48.2 Å². The molecule has 0 atom stereocenters. The molecule has 0 fully saturated rings. The lowest BCUT2D eigenvalue weighted by molar-refractivity contribution is -0.260. The Morgan fingerprint density at radius 1 is 1.13 bits per heavy atom. The highest BCUT2D eigenvalue weighted by Crippen LogP contribution is 2.21. The Morgan fingerprint density at radius 3 is 2.32 bits per heavy atom. The number of nitrogens with zero attached hydrogens (tertiary/aromatic N) is 4. The van der Waals surface area contributed by atoms with Crippen molar-refractivity contribution < 1.29 is 53.8 Å². The van der Waals surface area contributed by atoms with E-state index in [9.17, 15) is 26.2 Å². The average Bonchev–Trinajstić information content (AvgIpc) is 2.78. The van der Waals surface area contributed by atoms with Crippen molar-refractivity contribution in [2.24, 2.45) is 0 Å². The van der Waals surface area contributed by atoms with Crippen molar-refractivity contribution >= 4 is 60.3 Å². The van der Waals surface area contributed by atoms with Crippen molar-refractivity contribution in [1.29, 1.82) is 0 Å². The molecule has 1 heterocycles. The third-order valence-electron chi connectivity index (χ3n) is 3.49. The van der Waals surface area contributed by atoms with Crippen LogP contribution in [0.3, 0.4) is 0 Å². The van der Waals surface area contributed by atoms with Crippen molar-refractivity contribution in [1.82, 2.24) is 19.7 Å². The molecule has 0 unspecified atom stereocenters. The van der Waals surface area contributed by atoms with Gasteiger partial charge in [-0.25, -0.2) is 13.1 Å². The van der Waals surface area contributed by atoms with Crippen molar-refractivity contribution in [3.8, 4) is 0 Å². The fourth-order valence-corrected chi connectivity index (χ4v) is 3.22. The lowest BCUT2D eigenvalue weighted by Gasteiger charge is -2.18. The summed E-state index contributed by atoms with van der Waals surface area (Å²) < 4.78 is 82.0. The van der Waals surface area contributed by atoms with E-state index in [-0.39, 0.29) is 36.6 Å². The number of hydroxylamine groups is 1. The molecule has 2 rings (SSSR count). The second kappa shape index (κ2) is 14.7. The zero-order valence-corrected chi connectivity index (χ0v) is 21.7. The summed E-state index contributed by atoms with van der Waals surface area (Å²) >= 11 is 0. The number of carbonyl (C=O) groups is 1. The largest absolute Gasteiger partial charge is 0.480 e. The maximum absolute atomic E-state index is 11.4. The molecule has 19 nitrogen and oxygen atoms in total. The van der Waals surface area contributed by atoms with Gasteiger partial charge in [0, 0.05) is 18.8 Å². The molecule has 5 N–H and O–H groups in total. The summed E-state index contributed by atoms with van der Waals surface area (Å²) in [6.45, 7) is 2.53. The van der Waals surface area contributed by atoms with Crippen molar-refractivity contribution in [2.75, 3.05) is 41.6 Å². The number of aromatic nitrogens is 3. The number of rotatable bonds is 14. The normalized spacial score (nSPS) is 10.9. The van der Waals surface area contributed by atoms with Crippen LogP contribution in [0.5, 0.6) is 0 Å². The Balaban J connectivity index is 0.00000168. The number of benzene rings is 1. The first-order chi connectivity index (χ1) is 17.6. The molecule has 0 aliphatic heterocycles. The lowest BCUT2D eigenvalue weighted by atomic mass is 10.3. The highest BCUT2D eigenvalue weighted by Gasteiger charge is 2.19. The summed E-state index contributed by atoms with van der Waals surface area (Å²) in [6.07, 6.45) is 1.86. The Labute approximate surface area is 217 Å². The number of aliphatic carboxylic acids is 1. The maximum Gasteiger partial charge on any atom is 0.425 e. The van der Waals surface area contributed by atoms with E-state index in [4.69, 9.17) is 22.7 Å². The average molecular weight is 600 g/mol. The van der Waals surface area contributed by atoms with Crippen LogP contribution in [0.2, 0.25) is 0 Å². The molecule has 0 aliphatic carbocycles. The second-order valence-corrected chi connectivity index (χ2v) is 10.1. The van der Waals surface area contributed by atoms with Gasteiger partial charge < -0.3 is 20.6 Å². The molecular formula is C16H21N7O12S3. The van der Waals surface area contributed by atoms with Crippen LogP contribution >= 0.6 is 0 Å². The Morgan fingerprint density at radius 2 is 1.76 bits per heavy atom. The van der Waals surface area contributed by atoms with Gasteiger partial charge in [-0.1, -0.05) is 17.6 Å². The molecule has 22 heteroatoms. The SMILES string of the molecule is C=COON(CC(=O)O)c1nc(NCCNS(C)(=O)=O)nc(Nc2cccc(S(=O)(=O)O)c2)n1.O=S(=O)=O. The van der Waals surface area contributed by atoms with Crippen LogP contribution in [0.1, 0.15) is 0 Å². The smallest absolute Gasteiger partial charge is 0.425 e. The van der Waals surface area contributed by atoms with Gasteiger partial charge in [0.25, 0.3) is 16.1 Å². The minimum Gasteiger partial charge on any atom is -0.480 e. The summed E-state index contributed by atoms with van der Waals surface area (Å²) in [5.74, 6) is -1.97. The summed E-state index contributed by atoms with van der Waals surface area (Å²) in [7, 11) is -11.0. The van der Waals surface area contributed by atoms with Gasteiger partial charge in [0.2, 0.25) is 21.9 Å². The van der Waals surface area contributed by atoms with E-state index in [1.807, 2.05) is 0 Å². The molecule has 2 aromatic rings. The van der Waals surface area contributed by atoms with Crippen LogP contribution < -0.4 is 20.4 Å². The molecule has 1 aromatic carbocycles. The van der Waals surface area contributed by atoms with Gasteiger partial charge in [-0.15, -0.1) is 12.6 Å². The molecule has 210 valence electrons. The molecule has 0 saturated carbocycles. The molecule has 0 aliphatic rings. The van der Waals surface area contributed by atoms with Crippen LogP contribution in [0, 0.1) is 0 Å². The molecule has 1 aromatic heterocycles. The monoisotopic (exact) mass is 599 g/mol. The van der Waals surface area contributed by atoms with Gasteiger partial charge in [0.05, 0.1) is 11.2 Å². The van der Waals surface area contributed by atoms with Gasteiger partial charge in [0.15, 0.2) is 6.54 Å². The maximum atomic E-state index is 11.4. The molecule has 0 bridgehead atoms. The lowest BCUT2D eigenvalue weighted by Crippen LogP contribution is -2.32. The summed E-state index contributed by atoms with van der Waals surface area (Å²) in [5, 5.41) is 15.2. The topological polar surface area (TPSA) is 273 Å². The van der Waals surface area contributed by atoms with Crippen LogP contribution in [-0.4, -0.2) is 85.9 Å². The highest BCUT2D eigenvalue weighted by atomic mass is 32.2. The number of carboxylic acid groups (broad SMARTS) is 1. The van der Waals surface area contributed by atoms with Crippen LogP contribution in [0.4, 0.5) is 23.5 Å². The molecule has 0 radical (unpaired) electrons. The second-order valence-electron chi connectivity index (χ2n) is 6.48. The van der Waals surface area contributed by atoms with E-state index in [0.29, 0.717) is 5.06 Å². The third-order valence-corrected chi connectivity index (χ3v) is 5.07. The Hall–Kier alpha value is -3.96. The predicted octanol–water partition coefficient (Wildman–Crippen LogP) is -1.28. The third kappa shape index (κ3) is 13.4. The number of sulfonamides is 1. The minimum atomic E-state index is -4.48. The minimum absolute atomic E-state index is 0.0199. The molecule has 0 spiro atoms. The molecular weight excluding hydrogens is 578 g/mol. The molecule has 38 heavy (non-hydrogen) atoms.